The van der Waals surface area contributed by atoms with E-state index in [-0.39, 0.29) is 0 Å². The van der Waals surface area contributed by atoms with Crippen molar-refractivity contribution in [1.29, 1.82) is 0 Å². The molecule has 0 aromatic heterocycles. The molecule has 1 N–H and O–H groups in total. The predicted octanol–water partition coefficient (Wildman–Crippen LogP) is 1.88. The highest BCUT2D eigenvalue weighted by atomic mass is 79.9. The second kappa shape index (κ2) is 4.23. The molecule has 1 aromatic rings. The minimum atomic E-state index is -3.38. The molecule has 0 amide bonds. The van der Waals surface area contributed by atoms with Crippen LogP contribution in [-0.4, -0.2) is 23.4 Å². The monoisotopic (exact) mass is 292 g/mol. The Morgan fingerprint density at radius 1 is 1.33 bits per heavy atom. The van der Waals surface area contributed by atoms with E-state index < -0.39 is 19.6 Å². The van der Waals surface area contributed by atoms with Crippen molar-refractivity contribution in [3.8, 4) is 0 Å². The van der Waals surface area contributed by atoms with Gasteiger partial charge in [-0.1, -0.05) is 46.3 Å². The summed E-state index contributed by atoms with van der Waals surface area (Å²) in [6.07, 6.45) is 0.00201. The lowest BCUT2D eigenvalue weighted by Gasteiger charge is -2.26. The summed E-state index contributed by atoms with van der Waals surface area (Å²) in [5, 5.41) is 9.96. The van der Waals surface area contributed by atoms with E-state index in [4.69, 9.17) is 0 Å². The molecular weight excluding hydrogens is 280 g/mol. The number of hydrogen-bond donors (Lipinski definition) is 1. The van der Waals surface area contributed by atoms with Gasteiger partial charge in [0, 0.05) is 6.26 Å². The number of rotatable bonds is 3. The minimum Gasteiger partial charge on any atom is -0.386 e. The average Bonchev–Trinajstić information content (AvgIpc) is 2.16. The standard InChI is InChI=1S/C10H13BrO3S/c1-10(11,15(2,13)14)9(12)8-6-4-3-5-7-8/h3-7,9,12H,1-2H3/t9-,10-/m0/s1. The zero-order valence-electron chi connectivity index (χ0n) is 8.51. The Kier molecular flexibility index (Phi) is 3.58. The lowest BCUT2D eigenvalue weighted by molar-refractivity contribution is 0.168. The minimum absolute atomic E-state index is 0.572. The summed E-state index contributed by atoms with van der Waals surface area (Å²) in [6.45, 7) is 1.44. The summed E-state index contributed by atoms with van der Waals surface area (Å²) < 4.78 is 21.6. The van der Waals surface area contributed by atoms with Gasteiger partial charge in [-0.05, 0) is 12.5 Å². The van der Waals surface area contributed by atoms with E-state index in [9.17, 15) is 13.5 Å². The molecule has 0 unspecified atom stereocenters. The van der Waals surface area contributed by atoms with Crippen LogP contribution < -0.4 is 0 Å². The second-order valence-electron chi connectivity index (χ2n) is 3.57. The molecule has 0 saturated heterocycles. The van der Waals surface area contributed by atoms with Gasteiger partial charge < -0.3 is 5.11 Å². The summed E-state index contributed by atoms with van der Waals surface area (Å²) in [7, 11) is -3.38. The second-order valence-corrected chi connectivity index (χ2v) is 8.14. The molecule has 0 aliphatic rings. The van der Waals surface area contributed by atoms with E-state index in [0.29, 0.717) is 5.56 Å². The molecule has 84 valence electrons. The van der Waals surface area contributed by atoms with Crippen molar-refractivity contribution in [2.45, 2.75) is 16.7 Å². The molecule has 5 heteroatoms. The topological polar surface area (TPSA) is 54.4 Å². The Bertz CT molecular complexity index is 425. The maximum atomic E-state index is 11.5. The largest absolute Gasteiger partial charge is 0.386 e. The van der Waals surface area contributed by atoms with Crippen molar-refractivity contribution in [2.24, 2.45) is 0 Å². The van der Waals surface area contributed by atoms with Crippen LogP contribution in [-0.2, 0) is 9.84 Å². The third-order valence-corrected chi connectivity index (χ3v) is 6.20. The molecule has 0 aliphatic heterocycles. The van der Waals surface area contributed by atoms with Crippen molar-refractivity contribution in [1.82, 2.24) is 0 Å². The van der Waals surface area contributed by atoms with Crippen LogP contribution in [0, 0.1) is 0 Å². The van der Waals surface area contributed by atoms with Crippen LogP contribution in [0.2, 0.25) is 0 Å². The molecule has 1 aromatic carbocycles. The Balaban J connectivity index is 3.11. The fourth-order valence-corrected chi connectivity index (χ4v) is 1.94. The number of aliphatic hydroxyl groups excluding tert-OH is 1. The fraction of sp³-hybridized carbons (Fsp3) is 0.400. The molecule has 0 bridgehead atoms. The van der Waals surface area contributed by atoms with Crippen molar-refractivity contribution in [3.05, 3.63) is 35.9 Å². The molecule has 0 spiro atoms. The summed E-state index contributed by atoms with van der Waals surface area (Å²) in [4.78, 5) is 0. The van der Waals surface area contributed by atoms with Gasteiger partial charge >= 0.3 is 0 Å². The summed E-state index contributed by atoms with van der Waals surface area (Å²) in [6, 6.07) is 8.70. The number of halogens is 1. The van der Waals surface area contributed by atoms with Crippen LogP contribution in [0.3, 0.4) is 0 Å². The first-order valence-electron chi connectivity index (χ1n) is 4.38. The highest BCUT2D eigenvalue weighted by Gasteiger charge is 2.41. The fourth-order valence-electron chi connectivity index (χ4n) is 1.14. The number of aliphatic hydroxyl groups is 1. The highest BCUT2D eigenvalue weighted by Crippen LogP contribution is 2.37. The Hall–Kier alpha value is -0.390. The van der Waals surface area contributed by atoms with Gasteiger partial charge in [0.1, 0.15) is 6.10 Å². The third-order valence-electron chi connectivity index (χ3n) is 2.33. The molecule has 0 saturated carbocycles. The van der Waals surface area contributed by atoms with Crippen LogP contribution in [0.1, 0.15) is 18.6 Å². The Labute approximate surface area is 98.2 Å². The van der Waals surface area contributed by atoms with Crippen molar-refractivity contribution in [2.75, 3.05) is 6.26 Å². The zero-order chi connectivity index (χ0) is 11.7. The van der Waals surface area contributed by atoms with E-state index in [1.54, 1.807) is 24.3 Å². The van der Waals surface area contributed by atoms with Gasteiger partial charge in [0.25, 0.3) is 0 Å². The van der Waals surface area contributed by atoms with Crippen LogP contribution in [0.4, 0.5) is 0 Å². The van der Waals surface area contributed by atoms with Gasteiger partial charge in [0.15, 0.2) is 13.5 Å². The quantitative estimate of drug-likeness (QED) is 0.866. The predicted molar refractivity (Wildman–Crippen MR) is 63.6 cm³/mol. The molecule has 2 atom stereocenters. The van der Waals surface area contributed by atoms with E-state index in [2.05, 4.69) is 15.9 Å². The zero-order valence-corrected chi connectivity index (χ0v) is 10.9. The molecule has 15 heavy (non-hydrogen) atoms. The SMILES string of the molecule is C[C@@](Br)([C@@H](O)c1ccccc1)S(C)(=O)=O. The van der Waals surface area contributed by atoms with E-state index in [1.807, 2.05) is 6.07 Å². The third kappa shape index (κ3) is 2.59. The first-order chi connectivity index (χ1) is 6.77. The Morgan fingerprint density at radius 2 is 1.80 bits per heavy atom. The normalized spacial score (nSPS) is 18.1. The van der Waals surface area contributed by atoms with Gasteiger partial charge in [-0.2, -0.15) is 0 Å². The van der Waals surface area contributed by atoms with Gasteiger partial charge in [0.05, 0.1) is 0 Å². The van der Waals surface area contributed by atoms with Crippen molar-refractivity contribution < 1.29 is 13.5 Å². The smallest absolute Gasteiger partial charge is 0.165 e. The lowest BCUT2D eigenvalue weighted by atomic mass is 10.1. The van der Waals surface area contributed by atoms with Crippen molar-refractivity contribution >= 4 is 25.8 Å². The van der Waals surface area contributed by atoms with Gasteiger partial charge in [0.2, 0.25) is 0 Å². The maximum absolute atomic E-state index is 11.5. The highest BCUT2D eigenvalue weighted by molar-refractivity contribution is 9.11. The molecule has 1 rings (SSSR count). The van der Waals surface area contributed by atoms with Crippen molar-refractivity contribution in [3.63, 3.8) is 0 Å². The van der Waals surface area contributed by atoms with E-state index >= 15 is 0 Å². The summed E-state index contributed by atoms with van der Waals surface area (Å²) in [5.74, 6) is 0. The molecular formula is C10H13BrO3S. The van der Waals surface area contributed by atoms with E-state index in [0.717, 1.165) is 6.26 Å². The Morgan fingerprint density at radius 3 is 2.20 bits per heavy atom. The first-order valence-corrected chi connectivity index (χ1v) is 7.07. The van der Waals surface area contributed by atoms with Gasteiger partial charge in [-0.3, -0.25) is 0 Å². The average molecular weight is 293 g/mol. The number of hydrogen-bond acceptors (Lipinski definition) is 3. The van der Waals surface area contributed by atoms with Gasteiger partial charge in [-0.25, -0.2) is 8.42 Å². The molecule has 3 nitrogen and oxygen atoms in total. The van der Waals surface area contributed by atoms with Crippen LogP contribution in [0.15, 0.2) is 30.3 Å². The molecule has 0 radical (unpaired) electrons. The molecule has 0 aliphatic carbocycles. The van der Waals surface area contributed by atoms with Crippen LogP contribution in [0.5, 0.6) is 0 Å². The lowest BCUT2D eigenvalue weighted by Crippen LogP contribution is -2.34. The van der Waals surface area contributed by atoms with Crippen LogP contribution >= 0.6 is 15.9 Å². The van der Waals surface area contributed by atoms with Gasteiger partial charge in [-0.15, -0.1) is 0 Å². The number of benzene rings is 1. The number of alkyl halides is 1. The van der Waals surface area contributed by atoms with Crippen LogP contribution in [0.25, 0.3) is 0 Å². The summed E-state index contributed by atoms with van der Waals surface area (Å²) in [5.41, 5.74) is 0.572. The number of sulfone groups is 1. The van der Waals surface area contributed by atoms with E-state index in [1.165, 1.54) is 6.92 Å². The first kappa shape index (κ1) is 12.7. The summed E-state index contributed by atoms with van der Waals surface area (Å²) >= 11 is 3.07. The molecule has 0 heterocycles. The maximum Gasteiger partial charge on any atom is 0.165 e. The molecule has 0 fully saturated rings.